The van der Waals surface area contributed by atoms with E-state index in [1.54, 1.807) is 13.0 Å². The number of amides is 1. The first-order valence-corrected chi connectivity index (χ1v) is 6.62. The average Bonchev–Trinajstić information content (AvgIpc) is 3.16. The van der Waals surface area contributed by atoms with Crippen molar-refractivity contribution >= 4 is 17.5 Å². The Kier molecular flexibility index (Phi) is 4.11. The number of hydrogen-bond acceptors (Lipinski definition) is 2. The molecule has 1 N–H and O–H groups in total. The fourth-order valence-corrected chi connectivity index (χ4v) is 2.49. The van der Waals surface area contributed by atoms with Crippen LogP contribution >= 0.6 is 11.6 Å². The number of benzene rings is 1. The Labute approximate surface area is 117 Å². The highest BCUT2D eigenvalue weighted by Gasteiger charge is 2.45. The van der Waals surface area contributed by atoms with Gasteiger partial charge in [0, 0.05) is 24.1 Å². The van der Waals surface area contributed by atoms with Gasteiger partial charge in [-0.2, -0.15) is 0 Å². The van der Waals surface area contributed by atoms with Crippen molar-refractivity contribution in [2.24, 2.45) is 0 Å². The largest absolute Gasteiger partial charge is 0.372 e. The van der Waals surface area contributed by atoms with Crippen LogP contribution in [0.15, 0.2) is 18.2 Å². The van der Waals surface area contributed by atoms with E-state index >= 15 is 0 Å². The van der Waals surface area contributed by atoms with Gasteiger partial charge in [0.15, 0.2) is 0 Å². The van der Waals surface area contributed by atoms with Gasteiger partial charge in [-0.3, -0.25) is 4.79 Å². The number of methoxy groups -OCH3 is 1. The molecule has 0 heterocycles. The highest BCUT2D eigenvalue weighted by atomic mass is 35.5. The lowest BCUT2D eigenvalue weighted by Crippen LogP contribution is -2.38. The zero-order valence-corrected chi connectivity index (χ0v) is 11.8. The summed E-state index contributed by atoms with van der Waals surface area (Å²) in [5, 5.41) is 3.28. The van der Waals surface area contributed by atoms with Crippen molar-refractivity contribution in [3.05, 3.63) is 34.6 Å². The third kappa shape index (κ3) is 3.07. The Balaban J connectivity index is 2.05. The van der Waals surface area contributed by atoms with Crippen LogP contribution in [0, 0.1) is 5.82 Å². The maximum Gasteiger partial charge on any atom is 0.248 e. The molecule has 1 aliphatic carbocycles. The van der Waals surface area contributed by atoms with E-state index in [2.05, 4.69) is 5.32 Å². The highest BCUT2D eigenvalue weighted by molar-refractivity contribution is 6.31. The molecule has 104 valence electrons. The molecule has 19 heavy (non-hydrogen) atoms. The van der Waals surface area contributed by atoms with Crippen LogP contribution in [0.1, 0.15) is 25.3 Å². The van der Waals surface area contributed by atoms with Crippen molar-refractivity contribution in [3.63, 3.8) is 0 Å². The van der Waals surface area contributed by atoms with Gasteiger partial charge in [0.1, 0.15) is 11.9 Å². The molecule has 0 radical (unpaired) electrons. The number of carbonyl (C=O) groups excluding carboxylic acids is 1. The fourth-order valence-electron chi connectivity index (χ4n) is 2.12. The van der Waals surface area contributed by atoms with Crippen molar-refractivity contribution in [2.45, 2.75) is 31.3 Å². The van der Waals surface area contributed by atoms with Gasteiger partial charge < -0.3 is 10.1 Å². The second kappa shape index (κ2) is 5.47. The van der Waals surface area contributed by atoms with E-state index in [9.17, 15) is 9.18 Å². The van der Waals surface area contributed by atoms with Gasteiger partial charge in [-0.25, -0.2) is 4.39 Å². The molecule has 1 aromatic carbocycles. The lowest BCUT2D eigenvalue weighted by atomic mass is 9.95. The smallest absolute Gasteiger partial charge is 0.248 e. The number of hydrogen-bond donors (Lipinski definition) is 1. The number of rotatable bonds is 5. The maximum absolute atomic E-state index is 13.1. The molecule has 0 aliphatic heterocycles. The van der Waals surface area contributed by atoms with Crippen LogP contribution in [-0.4, -0.2) is 25.7 Å². The summed E-state index contributed by atoms with van der Waals surface area (Å²) in [5.41, 5.74) is 0.759. The van der Waals surface area contributed by atoms with E-state index in [1.807, 2.05) is 0 Å². The first-order valence-electron chi connectivity index (χ1n) is 6.24. The molecule has 1 saturated carbocycles. The molecular weight excluding hydrogens is 269 g/mol. The lowest BCUT2D eigenvalue weighted by molar-refractivity contribution is -0.130. The van der Waals surface area contributed by atoms with Crippen LogP contribution in [-0.2, 0) is 14.9 Å². The van der Waals surface area contributed by atoms with Crippen LogP contribution in [0.2, 0.25) is 5.02 Å². The highest BCUT2D eigenvalue weighted by Crippen LogP contribution is 2.50. The van der Waals surface area contributed by atoms with Gasteiger partial charge in [-0.1, -0.05) is 17.7 Å². The third-order valence-corrected chi connectivity index (χ3v) is 3.99. The Morgan fingerprint density at radius 3 is 2.79 bits per heavy atom. The molecule has 0 aromatic heterocycles. The predicted octanol–water partition coefficient (Wildman–Crippen LogP) is 2.66. The SMILES string of the molecule is CO[C@@H](C)C(=O)NCC1(c2ccc(F)cc2Cl)CC1. The molecule has 1 fully saturated rings. The minimum absolute atomic E-state index is 0.145. The Bertz CT molecular complexity index is 488. The van der Waals surface area contributed by atoms with Gasteiger partial charge >= 0.3 is 0 Å². The monoisotopic (exact) mass is 285 g/mol. The first-order chi connectivity index (χ1) is 8.98. The van der Waals surface area contributed by atoms with Crippen LogP contribution < -0.4 is 5.32 Å². The van der Waals surface area contributed by atoms with Crippen molar-refractivity contribution in [1.82, 2.24) is 5.32 Å². The molecule has 0 spiro atoms. The number of carbonyl (C=O) groups is 1. The molecule has 5 heteroatoms. The van der Waals surface area contributed by atoms with E-state index in [4.69, 9.17) is 16.3 Å². The average molecular weight is 286 g/mol. The van der Waals surface area contributed by atoms with Crippen LogP contribution in [0.3, 0.4) is 0 Å². The molecule has 3 nitrogen and oxygen atoms in total. The van der Waals surface area contributed by atoms with E-state index in [-0.39, 0.29) is 17.1 Å². The van der Waals surface area contributed by atoms with Crippen molar-refractivity contribution < 1.29 is 13.9 Å². The second-order valence-electron chi connectivity index (χ2n) is 5.00. The van der Waals surface area contributed by atoms with Gasteiger partial charge in [0.25, 0.3) is 0 Å². The van der Waals surface area contributed by atoms with Crippen molar-refractivity contribution in [3.8, 4) is 0 Å². The number of nitrogens with one attached hydrogen (secondary N) is 1. The number of halogens is 2. The standard InChI is InChI=1S/C14H17ClFNO2/c1-9(19-2)13(18)17-8-14(5-6-14)11-4-3-10(16)7-12(11)15/h3-4,7,9H,5-6,8H2,1-2H3,(H,17,18)/t9-/m0/s1. The topological polar surface area (TPSA) is 38.3 Å². The van der Waals surface area contributed by atoms with Crippen LogP contribution in [0.25, 0.3) is 0 Å². The van der Waals surface area contributed by atoms with Crippen LogP contribution in [0.5, 0.6) is 0 Å². The summed E-state index contributed by atoms with van der Waals surface area (Å²) in [5.74, 6) is -0.492. The van der Waals surface area contributed by atoms with Gasteiger partial charge in [0.2, 0.25) is 5.91 Å². The third-order valence-electron chi connectivity index (χ3n) is 3.68. The molecular formula is C14H17ClFNO2. The van der Waals surface area contributed by atoms with Gasteiger partial charge in [-0.15, -0.1) is 0 Å². The first kappa shape index (κ1) is 14.3. The lowest BCUT2D eigenvalue weighted by Gasteiger charge is -2.19. The molecule has 1 atom stereocenters. The zero-order chi connectivity index (χ0) is 14.0. The molecule has 0 saturated heterocycles. The minimum Gasteiger partial charge on any atom is -0.372 e. The molecule has 0 bridgehead atoms. The summed E-state index contributed by atoms with van der Waals surface area (Å²) in [6.45, 7) is 2.20. The van der Waals surface area contributed by atoms with Crippen molar-refractivity contribution in [1.29, 1.82) is 0 Å². The zero-order valence-electron chi connectivity index (χ0n) is 11.0. The van der Waals surface area contributed by atoms with Crippen LogP contribution in [0.4, 0.5) is 4.39 Å². The quantitative estimate of drug-likeness (QED) is 0.903. The molecule has 1 aliphatic rings. The minimum atomic E-state index is -0.473. The van der Waals surface area contributed by atoms with E-state index in [1.165, 1.54) is 19.2 Å². The predicted molar refractivity (Wildman–Crippen MR) is 71.8 cm³/mol. The van der Waals surface area contributed by atoms with Gasteiger partial charge in [-0.05, 0) is 37.5 Å². The number of ether oxygens (including phenoxy) is 1. The second-order valence-corrected chi connectivity index (χ2v) is 5.41. The van der Waals surface area contributed by atoms with E-state index in [0.717, 1.165) is 18.4 Å². The Hall–Kier alpha value is -1.13. The maximum atomic E-state index is 13.1. The summed E-state index contributed by atoms with van der Waals surface area (Å²) >= 11 is 6.08. The molecule has 0 unspecified atom stereocenters. The Morgan fingerprint density at radius 1 is 1.58 bits per heavy atom. The molecule has 1 aromatic rings. The summed E-state index contributed by atoms with van der Waals surface area (Å²) in [4.78, 5) is 11.7. The Morgan fingerprint density at radius 2 is 2.26 bits per heavy atom. The summed E-state index contributed by atoms with van der Waals surface area (Å²) in [7, 11) is 1.49. The van der Waals surface area contributed by atoms with Crippen molar-refractivity contribution in [2.75, 3.05) is 13.7 Å². The summed E-state index contributed by atoms with van der Waals surface area (Å²) < 4.78 is 18.0. The van der Waals surface area contributed by atoms with E-state index in [0.29, 0.717) is 11.6 Å². The molecule has 2 rings (SSSR count). The summed E-state index contributed by atoms with van der Waals surface area (Å²) in [6, 6.07) is 4.42. The van der Waals surface area contributed by atoms with E-state index < -0.39 is 6.10 Å². The van der Waals surface area contributed by atoms with Gasteiger partial charge in [0.05, 0.1) is 0 Å². The molecule has 1 amide bonds. The summed E-state index contributed by atoms with van der Waals surface area (Å²) in [6.07, 6.45) is 1.42. The normalized spacial score (nSPS) is 17.9. The fraction of sp³-hybridized carbons (Fsp3) is 0.500.